The molecular weight excluding hydrogens is 364 g/mol. The number of hydrogen-bond donors (Lipinski definition) is 1. The highest BCUT2D eigenvalue weighted by atomic mass is 16.5. The Labute approximate surface area is 176 Å². The molecule has 1 aromatic carbocycles. The van der Waals surface area contributed by atoms with Gasteiger partial charge in [0.2, 0.25) is 0 Å². The van der Waals surface area contributed by atoms with Gasteiger partial charge in [0.25, 0.3) is 0 Å². The SMILES string of the molecule is CN=C(NCc1ccccc1CN(C)C)N1CCC(OCC2CCCCO2)CC1. The number of aliphatic imine (C=N–C) groups is 1. The molecule has 162 valence electrons. The Hall–Kier alpha value is -1.63. The maximum Gasteiger partial charge on any atom is 0.193 e. The second-order valence-electron chi connectivity index (χ2n) is 8.42. The van der Waals surface area contributed by atoms with Crippen molar-refractivity contribution in [2.75, 3.05) is 47.4 Å². The van der Waals surface area contributed by atoms with Crippen LogP contribution < -0.4 is 5.32 Å². The van der Waals surface area contributed by atoms with E-state index in [0.29, 0.717) is 12.2 Å². The zero-order chi connectivity index (χ0) is 20.5. The quantitative estimate of drug-likeness (QED) is 0.561. The summed E-state index contributed by atoms with van der Waals surface area (Å²) in [6, 6.07) is 8.63. The average Bonchev–Trinajstić information content (AvgIpc) is 2.75. The van der Waals surface area contributed by atoms with Crippen LogP contribution in [0.1, 0.15) is 43.2 Å². The van der Waals surface area contributed by atoms with Gasteiger partial charge in [-0.15, -0.1) is 0 Å². The van der Waals surface area contributed by atoms with E-state index in [2.05, 4.69) is 58.5 Å². The summed E-state index contributed by atoms with van der Waals surface area (Å²) in [5.74, 6) is 0.985. The van der Waals surface area contributed by atoms with Crippen molar-refractivity contribution in [2.24, 2.45) is 4.99 Å². The molecule has 0 amide bonds. The average molecular weight is 403 g/mol. The van der Waals surface area contributed by atoms with Gasteiger partial charge in [0.05, 0.1) is 18.8 Å². The lowest BCUT2D eigenvalue weighted by Gasteiger charge is -2.35. The van der Waals surface area contributed by atoms with Gasteiger partial charge in [0.15, 0.2) is 5.96 Å². The number of benzene rings is 1. The van der Waals surface area contributed by atoms with Gasteiger partial charge >= 0.3 is 0 Å². The maximum absolute atomic E-state index is 6.15. The molecule has 0 radical (unpaired) electrons. The Bertz CT molecular complexity index is 636. The number of rotatable bonds is 7. The first-order valence-corrected chi connectivity index (χ1v) is 11.1. The van der Waals surface area contributed by atoms with Gasteiger partial charge in [0, 0.05) is 39.8 Å². The van der Waals surface area contributed by atoms with Gasteiger partial charge in [-0.3, -0.25) is 4.99 Å². The lowest BCUT2D eigenvalue weighted by Crippen LogP contribution is -2.47. The van der Waals surface area contributed by atoms with Crippen molar-refractivity contribution in [3.05, 3.63) is 35.4 Å². The summed E-state index contributed by atoms with van der Waals surface area (Å²) in [6.07, 6.45) is 6.35. The molecule has 1 N–H and O–H groups in total. The predicted octanol–water partition coefficient (Wildman–Crippen LogP) is 2.87. The highest BCUT2D eigenvalue weighted by Gasteiger charge is 2.23. The van der Waals surface area contributed by atoms with Crippen LogP contribution in [0.4, 0.5) is 0 Å². The van der Waals surface area contributed by atoms with Crippen molar-refractivity contribution in [3.8, 4) is 0 Å². The molecule has 1 atom stereocenters. The van der Waals surface area contributed by atoms with E-state index in [1.165, 1.54) is 24.0 Å². The fraction of sp³-hybridized carbons (Fsp3) is 0.696. The van der Waals surface area contributed by atoms with Crippen LogP contribution >= 0.6 is 0 Å². The van der Waals surface area contributed by atoms with Crippen molar-refractivity contribution < 1.29 is 9.47 Å². The van der Waals surface area contributed by atoms with E-state index in [1.807, 2.05) is 7.05 Å². The molecule has 2 heterocycles. The van der Waals surface area contributed by atoms with Crippen LogP contribution in [0, 0.1) is 0 Å². The van der Waals surface area contributed by atoms with E-state index in [4.69, 9.17) is 9.47 Å². The van der Waals surface area contributed by atoms with Crippen LogP contribution in [0.25, 0.3) is 0 Å². The highest BCUT2D eigenvalue weighted by Crippen LogP contribution is 2.18. The van der Waals surface area contributed by atoms with Crippen molar-refractivity contribution in [1.82, 2.24) is 15.1 Å². The third kappa shape index (κ3) is 6.98. The Morgan fingerprint density at radius 2 is 1.93 bits per heavy atom. The number of guanidine groups is 1. The first kappa shape index (κ1) is 22.1. The highest BCUT2D eigenvalue weighted by molar-refractivity contribution is 5.80. The monoisotopic (exact) mass is 402 g/mol. The van der Waals surface area contributed by atoms with Crippen molar-refractivity contribution in [2.45, 2.75) is 57.4 Å². The molecule has 0 bridgehead atoms. The van der Waals surface area contributed by atoms with Crippen LogP contribution in [-0.2, 0) is 22.6 Å². The molecular formula is C23H38N4O2. The first-order chi connectivity index (χ1) is 14.2. The summed E-state index contributed by atoms with van der Waals surface area (Å²) in [4.78, 5) is 9.08. The van der Waals surface area contributed by atoms with E-state index in [-0.39, 0.29) is 0 Å². The third-order valence-corrected chi connectivity index (χ3v) is 5.79. The molecule has 1 aromatic rings. The van der Waals surface area contributed by atoms with Gasteiger partial charge < -0.3 is 24.6 Å². The van der Waals surface area contributed by atoms with Gasteiger partial charge in [0.1, 0.15) is 0 Å². The standard InChI is InChI=1S/C23H38N4O2/c1-24-23(25-16-19-8-4-5-9-20(19)17-26(2)3)27-13-11-21(12-14-27)29-18-22-10-6-7-15-28-22/h4-5,8-9,21-22H,6-7,10-18H2,1-3H3,(H,24,25). The topological polar surface area (TPSA) is 49.3 Å². The van der Waals surface area contributed by atoms with Gasteiger partial charge in [-0.25, -0.2) is 0 Å². The summed E-state index contributed by atoms with van der Waals surface area (Å²) in [7, 11) is 6.09. The van der Waals surface area contributed by atoms with E-state index in [0.717, 1.165) is 64.6 Å². The van der Waals surface area contributed by atoms with Crippen LogP contribution in [0.2, 0.25) is 0 Å². The fourth-order valence-corrected chi connectivity index (χ4v) is 4.15. The largest absolute Gasteiger partial charge is 0.376 e. The molecule has 2 aliphatic heterocycles. The van der Waals surface area contributed by atoms with E-state index in [1.54, 1.807) is 0 Å². The maximum atomic E-state index is 6.15. The van der Waals surface area contributed by atoms with E-state index < -0.39 is 0 Å². The molecule has 2 fully saturated rings. The molecule has 0 saturated carbocycles. The third-order valence-electron chi connectivity index (χ3n) is 5.79. The van der Waals surface area contributed by atoms with Crippen LogP contribution in [-0.4, -0.2) is 75.4 Å². The van der Waals surface area contributed by atoms with Crippen LogP contribution in [0.3, 0.4) is 0 Å². The molecule has 29 heavy (non-hydrogen) atoms. The predicted molar refractivity (Wildman–Crippen MR) is 118 cm³/mol. The summed E-state index contributed by atoms with van der Waals surface area (Å²) >= 11 is 0. The number of nitrogens with one attached hydrogen (secondary N) is 1. The Morgan fingerprint density at radius 3 is 2.59 bits per heavy atom. The summed E-state index contributed by atoms with van der Waals surface area (Å²) in [5, 5.41) is 3.56. The normalized spacial score (nSPS) is 21.6. The lowest BCUT2D eigenvalue weighted by atomic mass is 10.1. The first-order valence-electron chi connectivity index (χ1n) is 11.1. The summed E-state index contributed by atoms with van der Waals surface area (Å²) in [6.45, 7) is 5.35. The molecule has 0 aromatic heterocycles. The van der Waals surface area contributed by atoms with E-state index in [9.17, 15) is 0 Å². The van der Waals surface area contributed by atoms with Crippen LogP contribution in [0.5, 0.6) is 0 Å². The van der Waals surface area contributed by atoms with Crippen molar-refractivity contribution in [1.29, 1.82) is 0 Å². The van der Waals surface area contributed by atoms with Gasteiger partial charge in [-0.05, 0) is 57.3 Å². The molecule has 2 aliphatic rings. The molecule has 0 aliphatic carbocycles. The number of hydrogen-bond acceptors (Lipinski definition) is 4. The number of nitrogens with zero attached hydrogens (tertiary/aromatic N) is 3. The van der Waals surface area contributed by atoms with Gasteiger partial charge in [-0.2, -0.15) is 0 Å². The van der Waals surface area contributed by atoms with Crippen molar-refractivity contribution in [3.63, 3.8) is 0 Å². The molecule has 2 saturated heterocycles. The zero-order valence-electron chi connectivity index (χ0n) is 18.4. The minimum absolute atomic E-state index is 0.304. The summed E-state index contributed by atoms with van der Waals surface area (Å²) < 4.78 is 11.9. The smallest absolute Gasteiger partial charge is 0.193 e. The van der Waals surface area contributed by atoms with Crippen LogP contribution in [0.15, 0.2) is 29.3 Å². The van der Waals surface area contributed by atoms with Gasteiger partial charge in [-0.1, -0.05) is 24.3 Å². The number of piperidine rings is 1. The molecule has 1 unspecified atom stereocenters. The molecule has 6 nitrogen and oxygen atoms in total. The lowest BCUT2D eigenvalue weighted by molar-refractivity contribution is -0.0721. The molecule has 6 heteroatoms. The summed E-state index contributed by atoms with van der Waals surface area (Å²) in [5.41, 5.74) is 2.69. The Balaban J connectivity index is 1.43. The Morgan fingerprint density at radius 1 is 1.17 bits per heavy atom. The molecule has 3 rings (SSSR count). The number of ether oxygens (including phenoxy) is 2. The van der Waals surface area contributed by atoms with Crippen molar-refractivity contribution >= 4 is 5.96 Å². The number of likely N-dealkylation sites (tertiary alicyclic amines) is 1. The minimum atomic E-state index is 0.304. The second kappa shape index (κ2) is 11.5. The fourth-order valence-electron chi connectivity index (χ4n) is 4.15. The zero-order valence-corrected chi connectivity index (χ0v) is 18.4. The molecule has 0 spiro atoms. The van der Waals surface area contributed by atoms with E-state index >= 15 is 0 Å². The Kier molecular flexibility index (Phi) is 8.77. The second-order valence-corrected chi connectivity index (χ2v) is 8.42. The minimum Gasteiger partial charge on any atom is -0.376 e.